The second-order valence-electron chi connectivity index (χ2n) is 25.2. The van der Waals surface area contributed by atoms with Crippen molar-refractivity contribution in [2.75, 3.05) is 13.2 Å². The van der Waals surface area contributed by atoms with Crippen molar-refractivity contribution in [1.82, 2.24) is 0 Å². The number of carbonyl (C=O) groups excluding carboxylic acids is 3. The Morgan fingerprint density at radius 2 is 0.434 bits per heavy atom. The molecule has 1 unspecified atom stereocenters. The van der Waals surface area contributed by atoms with Gasteiger partial charge in [-0.15, -0.1) is 0 Å². The lowest BCUT2D eigenvalue weighted by Gasteiger charge is -2.18. The maximum atomic E-state index is 13.0. The molecule has 0 aromatic heterocycles. The van der Waals surface area contributed by atoms with Crippen LogP contribution in [0.5, 0.6) is 0 Å². The number of carbonyl (C=O) groups is 3. The third-order valence-corrected chi connectivity index (χ3v) is 16.8. The molecular weight excluding hydrogens is 1020 g/mol. The van der Waals surface area contributed by atoms with Crippen molar-refractivity contribution in [3.05, 3.63) is 48.6 Å². The lowest BCUT2D eigenvalue weighted by molar-refractivity contribution is -0.167. The first-order valence-electron chi connectivity index (χ1n) is 37.1. The summed E-state index contributed by atoms with van der Waals surface area (Å²) < 4.78 is 17.0. The van der Waals surface area contributed by atoms with Gasteiger partial charge >= 0.3 is 17.9 Å². The zero-order valence-corrected chi connectivity index (χ0v) is 56.0. The topological polar surface area (TPSA) is 78.9 Å². The minimum atomic E-state index is -0.776. The summed E-state index contributed by atoms with van der Waals surface area (Å²) >= 11 is 0. The molecule has 6 heteroatoms. The molecule has 0 heterocycles. The Morgan fingerprint density at radius 1 is 0.241 bits per heavy atom. The van der Waals surface area contributed by atoms with E-state index in [1.54, 1.807) is 0 Å². The predicted molar refractivity (Wildman–Crippen MR) is 362 cm³/mol. The minimum absolute atomic E-state index is 0.0702. The zero-order chi connectivity index (χ0) is 59.9. The van der Waals surface area contributed by atoms with Gasteiger partial charge in [-0.25, -0.2) is 0 Å². The minimum Gasteiger partial charge on any atom is -0.462 e. The maximum Gasteiger partial charge on any atom is 0.306 e. The Hall–Kier alpha value is -2.63. The summed E-state index contributed by atoms with van der Waals surface area (Å²) in [6.45, 7) is 6.70. The van der Waals surface area contributed by atoms with Gasteiger partial charge in [0.15, 0.2) is 6.10 Å². The van der Waals surface area contributed by atoms with Gasteiger partial charge in [0, 0.05) is 19.3 Å². The van der Waals surface area contributed by atoms with E-state index in [0.29, 0.717) is 19.3 Å². The molecule has 0 saturated heterocycles. The molecule has 0 spiro atoms. The predicted octanol–water partition coefficient (Wildman–Crippen LogP) is 25.7. The van der Waals surface area contributed by atoms with E-state index < -0.39 is 6.10 Å². The van der Waals surface area contributed by atoms with Crippen LogP contribution >= 0.6 is 0 Å². The monoisotopic (exact) mass is 1160 g/mol. The highest BCUT2D eigenvalue weighted by Gasteiger charge is 2.19. The summed E-state index contributed by atoms with van der Waals surface area (Å²) in [5.41, 5.74) is 0. The van der Waals surface area contributed by atoms with Gasteiger partial charge in [-0.2, -0.15) is 0 Å². The number of unbranched alkanes of at least 4 members (excludes halogenated alkanes) is 50. The lowest BCUT2D eigenvalue weighted by atomic mass is 10.0. The highest BCUT2D eigenvalue weighted by molar-refractivity contribution is 5.71. The van der Waals surface area contributed by atoms with Crippen LogP contribution < -0.4 is 0 Å². The van der Waals surface area contributed by atoms with E-state index in [9.17, 15) is 14.4 Å². The molecule has 0 bridgehead atoms. The highest BCUT2D eigenvalue weighted by atomic mass is 16.6. The summed E-state index contributed by atoms with van der Waals surface area (Å²) in [7, 11) is 0. The van der Waals surface area contributed by atoms with E-state index in [4.69, 9.17) is 14.2 Å². The number of ether oxygens (including phenoxy) is 3. The van der Waals surface area contributed by atoms with Crippen LogP contribution in [0.2, 0.25) is 0 Å². The Kier molecular flexibility index (Phi) is 69.6. The molecule has 0 saturated carbocycles. The second-order valence-corrected chi connectivity index (χ2v) is 25.2. The van der Waals surface area contributed by atoms with Crippen molar-refractivity contribution < 1.29 is 28.6 Å². The molecule has 1 atom stereocenters. The molecule has 0 N–H and O–H groups in total. The van der Waals surface area contributed by atoms with Gasteiger partial charge in [-0.3, -0.25) is 14.4 Å². The largest absolute Gasteiger partial charge is 0.462 e. The Labute approximate surface area is 518 Å². The molecule has 0 fully saturated rings. The van der Waals surface area contributed by atoms with Crippen molar-refractivity contribution in [2.24, 2.45) is 0 Å². The lowest BCUT2D eigenvalue weighted by Crippen LogP contribution is -2.30. The molecule has 0 aromatic rings. The van der Waals surface area contributed by atoms with Crippen molar-refractivity contribution >= 4 is 17.9 Å². The number of rotatable bonds is 69. The summed E-state index contributed by atoms with van der Waals surface area (Å²) in [6, 6.07) is 0. The number of hydrogen-bond acceptors (Lipinski definition) is 6. The van der Waals surface area contributed by atoms with Crippen molar-refractivity contribution in [3.8, 4) is 0 Å². The van der Waals surface area contributed by atoms with E-state index in [2.05, 4.69) is 69.4 Å². The normalized spacial score (nSPS) is 12.3. The smallest absolute Gasteiger partial charge is 0.306 e. The Balaban J connectivity index is 4.33. The first-order chi connectivity index (χ1) is 41.0. The molecule has 0 aliphatic rings. The van der Waals surface area contributed by atoms with Crippen LogP contribution in [0.1, 0.15) is 406 Å². The van der Waals surface area contributed by atoms with E-state index in [0.717, 1.165) is 70.6 Å². The van der Waals surface area contributed by atoms with Crippen molar-refractivity contribution in [1.29, 1.82) is 0 Å². The summed E-state index contributed by atoms with van der Waals surface area (Å²) in [5.74, 6) is -0.846. The molecule has 0 aliphatic heterocycles. The van der Waals surface area contributed by atoms with Gasteiger partial charge in [0.05, 0.1) is 0 Å². The van der Waals surface area contributed by atoms with E-state index in [1.165, 1.54) is 295 Å². The first kappa shape index (κ1) is 80.4. The third kappa shape index (κ3) is 70.0. The van der Waals surface area contributed by atoms with Crippen molar-refractivity contribution in [3.63, 3.8) is 0 Å². The van der Waals surface area contributed by atoms with Gasteiger partial charge in [0.25, 0.3) is 0 Å². The number of allylic oxidation sites excluding steroid dienone is 8. The van der Waals surface area contributed by atoms with Crippen LogP contribution in [0.4, 0.5) is 0 Å². The van der Waals surface area contributed by atoms with Gasteiger partial charge < -0.3 is 14.2 Å². The SMILES string of the molecule is CCCCCCC/C=C\C/C=C\C/C=C\CCCCCCCCCCCCC(=O)OCC(COC(=O)CCCCCCCCCCCCCCCCCCCCC)OC(=O)CCCCCCCCCCC/C=C\CCCCCCCCCC. The zero-order valence-electron chi connectivity index (χ0n) is 56.0. The van der Waals surface area contributed by atoms with E-state index in [-0.39, 0.29) is 31.1 Å². The number of esters is 3. The van der Waals surface area contributed by atoms with Crippen LogP contribution in [0, 0.1) is 0 Å². The average Bonchev–Trinajstić information content (AvgIpc) is 3.50. The quantitative estimate of drug-likeness (QED) is 0.0261. The Morgan fingerprint density at radius 3 is 0.687 bits per heavy atom. The molecule has 0 aromatic carbocycles. The summed E-state index contributed by atoms with van der Waals surface area (Å²) in [6.07, 6.45) is 91.4. The fourth-order valence-corrected chi connectivity index (χ4v) is 11.2. The van der Waals surface area contributed by atoms with Crippen LogP contribution in [0.25, 0.3) is 0 Å². The van der Waals surface area contributed by atoms with Crippen LogP contribution in [-0.2, 0) is 28.6 Å². The van der Waals surface area contributed by atoms with Gasteiger partial charge in [-0.1, -0.05) is 352 Å². The van der Waals surface area contributed by atoms with Crippen molar-refractivity contribution in [2.45, 2.75) is 412 Å². The van der Waals surface area contributed by atoms with E-state index >= 15 is 0 Å². The maximum absolute atomic E-state index is 13.0. The van der Waals surface area contributed by atoms with Crippen LogP contribution in [0.3, 0.4) is 0 Å². The number of hydrogen-bond donors (Lipinski definition) is 0. The molecule has 0 rings (SSSR count). The molecule has 0 radical (unpaired) electrons. The summed E-state index contributed by atoms with van der Waals surface area (Å²) in [4.78, 5) is 38.6. The summed E-state index contributed by atoms with van der Waals surface area (Å²) in [5, 5.41) is 0. The molecule has 0 aliphatic carbocycles. The van der Waals surface area contributed by atoms with Crippen LogP contribution in [-0.4, -0.2) is 37.2 Å². The van der Waals surface area contributed by atoms with Gasteiger partial charge in [0.1, 0.15) is 13.2 Å². The third-order valence-electron chi connectivity index (χ3n) is 16.8. The standard InChI is InChI=1S/C77H142O6/c1-4-7-10-13-16-19-22-25-28-31-34-36-37-38-39-41-43-46-49-52-55-58-61-64-67-70-76(79)82-73-74(72-81-75(78)69-66-63-60-57-54-51-48-45-42-33-30-27-24-21-18-15-12-9-6-3)83-77(80)71-68-65-62-59-56-53-50-47-44-40-35-32-29-26-23-20-17-14-11-8-5-2/h22,25,31-32,34-35,37-38,74H,4-21,23-24,26-30,33,36,39-73H2,1-3H3/b25-22-,34-31-,35-32-,38-37-. The fourth-order valence-electron chi connectivity index (χ4n) is 11.2. The Bertz CT molecular complexity index is 1430. The molecule has 486 valence electrons. The molecule has 0 amide bonds. The second kappa shape index (κ2) is 71.8. The highest BCUT2D eigenvalue weighted by Crippen LogP contribution is 2.18. The molecule has 83 heavy (non-hydrogen) atoms. The average molecular weight is 1160 g/mol. The van der Waals surface area contributed by atoms with Gasteiger partial charge in [-0.05, 0) is 83.5 Å². The fraction of sp³-hybridized carbons (Fsp3) is 0.857. The molecular formula is C77H142O6. The van der Waals surface area contributed by atoms with Gasteiger partial charge in [0.2, 0.25) is 0 Å². The van der Waals surface area contributed by atoms with Crippen LogP contribution in [0.15, 0.2) is 48.6 Å². The van der Waals surface area contributed by atoms with E-state index in [1.807, 2.05) is 0 Å². The molecule has 6 nitrogen and oxygen atoms in total. The first-order valence-corrected chi connectivity index (χ1v) is 37.1.